The van der Waals surface area contributed by atoms with Crippen LogP contribution in [0, 0.1) is 0 Å². The number of rotatable bonds is 2. The molecule has 0 spiro atoms. The second-order valence-corrected chi connectivity index (χ2v) is 6.92. The topological polar surface area (TPSA) is 36.4 Å². The van der Waals surface area contributed by atoms with Crippen LogP contribution in [0.4, 0.5) is 16.2 Å². The van der Waals surface area contributed by atoms with Crippen LogP contribution in [0.3, 0.4) is 0 Å². The summed E-state index contributed by atoms with van der Waals surface area (Å²) >= 11 is 1.69. The molecule has 5 heteroatoms. The number of hydrogen-bond donors (Lipinski definition) is 0. The molecule has 0 unspecified atom stereocenters. The van der Waals surface area contributed by atoms with Crippen molar-refractivity contribution in [3.63, 3.8) is 0 Å². The standard InChI is InChI=1S/C20H17N3OS/c1-22(14-15-8-6-7-13-21-15)20(24)23-16-9-2-4-11-18(16)25-19-12-5-3-10-17(19)23/h2-13H,14H2,1H3. The minimum absolute atomic E-state index is 0.0640. The number of nitrogens with zero attached hydrogens (tertiary/aromatic N) is 3. The molecule has 124 valence electrons. The van der Waals surface area contributed by atoms with Crippen molar-refractivity contribution in [3.8, 4) is 0 Å². The van der Waals surface area contributed by atoms with Crippen molar-refractivity contribution in [2.45, 2.75) is 16.3 Å². The normalized spacial score (nSPS) is 12.3. The molecule has 0 bridgehead atoms. The summed E-state index contributed by atoms with van der Waals surface area (Å²) in [6, 6.07) is 21.7. The van der Waals surface area contributed by atoms with Gasteiger partial charge in [-0.3, -0.25) is 9.88 Å². The number of pyridine rings is 1. The molecule has 1 aromatic heterocycles. The Bertz CT molecular complexity index is 868. The fraction of sp³-hybridized carbons (Fsp3) is 0.100. The third kappa shape index (κ3) is 2.98. The maximum absolute atomic E-state index is 13.2. The first-order chi connectivity index (χ1) is 12.2. The molecular formula is C20H17N3OS. The van der Waals surface area contributed by atoms with E-state index in [1.807, 2.05) is 61.6 Å². The van der Waals surface area contributed by atoms with Crippen LogP contribution in [-0.4, -0.2) is 23.0 Å². The highest BCUT2D eigenvalue weighted by Gasteiger charge is 2.29. The molecule has 2 amide bonds. The van der Waals surface area contributed by atoms with Gasteiger partial charge in [-0.25, -0.2) is 4.79 Å². The summed E-state index contributed by atoms with van der Waals surface area (Å²) in [5.41, 5.74) is 2.71. The minimum atomic E-state index is -0.0640. The summed E-state index contributed by atoms with van der Waals surface area (Å²) in [5, 5.41) is 0. The average Bonchev–Trinajstić information content (AvgIpc) is 2.66. The number of carbonyl (C=O) groups excluding carboxylic acids is 1. The average molecular weight is 347 g/mol. The van der Waals surface area contributed by atoms with E-state index in [1.54, 1.807) is 27.8 Å². The number of amides is 2. The molecule has 1 aliphatic heterocycles. The maximum Gasteiger partial charge on any atom is 0.329 e. The van der Waals surface area contributed by atoms with E-state index in [9.17, 15) is 4.79 Å². The molecule has 0 saturated carbocycles. The Morgan fingerprint density at radius 2 is 1.56 bits per heavy atom. The molecule has 0 saturated heterocycles. The van der Waals surface area contributed by atoms with Crippen molar-refractivity contribution in [2.75, 3.05) is 11.9 Å². The van der Waals surface area contributed by atoms with Gasteiger partial charge >= 0.3 is 6.03 Å². The molecule has 0 atom stereocenters. The van der Waals surface area contributed by atoms with E-state index in [0.29, 0.717) is 6.54 Å². The molecule has 25 heavy (non-hydrogen) atoms. The van der Waals surface area contributed by atoms with Crippen LogP contribution < -0.4 is 4.90 Å². The van der Waals surface area contributed by atoms with E-state index in [2.05, 4.69) is 17.1 Å². The molecule has 2 heterocycles. The first kappa shape index (κ1) is 15.7. The molecule has 0 N–H and O–H groups in total. The van der Waals surface area contributed by atoms with Gasteiger partial charge in [0.2, 0.25) is 0 Å². The van der Waals surface area contributed by atoms with Crippen molar-refractivity contribution < 1.29 is 4.79 Å². The second kappa shape index (κ2) is 6.61. The van der Waals surface area contributed by atoms with Crippen LogP contribution in [0.1, 0.15) is 5.69 Å². The van der Waals surface area contributed by atoms with Crippen LogP contribution in [0.5, 0.6) is 0 Å². The Balaban J connectivity index is 1.70. The van der Waals surface area contributed by atoms with Crippen LogP contribution >= 0.6 is 11.8 Å². The van der Waals surface area contributed by atoms with Crippen molar-refractivity contribution >= 4 is 29.2 Å². The lowest BCUT2D eigenvalue weighted by atomic mass is 10.2. The van der Waals surface area contributed by atoms with Gasteiger partial charge in [-0.1, -0.05) is 42.1 Å². The van der Waals surface area contributed by atoms with Crippen LogP contribution in [0.15, 0.2) is 82.7 Å². The van der Waals surface area contributed by atoms with Crippen LogP contribution in [-0.2, 0) is 6.54 Å². The van der Waals surface area contributed by atoms with Gasteiger partial charge in [0.15, 0.2) is 0 Å². The number of para-hydroxylation sites is 2. The first-order valence-corrected chi connectivity index (χ1v) is 8.87. The number of urea groups is 1. The van der Waals surface area contributed by atoms with Crippen LogP contribution in [0.2, 0.25) is 0 Å². The smallest absolute Gasteiger partial charge is 0.321 e. The largest absolute Gasteiger partial charge is 0.329 e. The van der Waals surface area contributed by atoms with Gasteiger partial charge in [0, 0.05) is 23.0 Å². The molecule has 0 fully saturated rings. The summed E-state index contributed by atoms with van der Waals surface area (Å²) < 4.78 is 0. The van der Waals surface area contributed by atoms with Gasteiger partial charge in [0.25, 0.3) is 0 Å². The molecule has 0 radical (unpaired) electrons. The Morgan fingerprint density at radius 3 is 2.16 bits per heavy atom. The first-order valence-electron chi connectivity index (χ1n) is 8.05. The zero-order valence-electron chi connectivity index (χ0n) is 13.8. The van der Waals surface area contributed by atoms with E-state index in [0.717, 1.165) is 26.9 Å². The van der Waals surface area contributed by atoms with E-state index < -0.39 is 0 Å². The number of carbonyl (C=O) groups is 1. The Morgan fingerprint density at radius 1 is 0.960 bits per heavy atom. The quantitative estimate of drug-likeness (QED) is 0.659. The highest BCUT2D eigenvalue weighted by molar-refractivity contribution is 7.99. The van der Waals surface area contributed by atoms with Gasteiger partial charge in [-0.15, -0.1) is 0 Å². The zero-order chi connectivity index (χ0) is 17.2. The maximum atomic E-state index is 13.2. The van der Waals surface area contributed by atoms with Gasteiger partial charge in [0.05, 0.1) is 23.6 Å². The van der Waals surface area contributed by atoms with Crippen molar-refractivity contribution in [1.29, 1.82) is 0 Å². The fourth-order valence-corrected chi connectivity index (χ4v) is 3.94. The lowest BCUT2D eigenvalue weighted by Crippen LogP contribution is -2.39. The number of fused-ring (bicyclic) bond motifs is 2. The molecule has 2 aromatic carbocycles. The summed E-state index contributed by atoms with van der Waals surface area (Å²) in [4.78, 5) is 23.2. The van der Waals surface area contributed by atoms with Crippen LogP contribution in [0.25, 0.3) is 0 Å². The SMILES string of the molecule is CN(Cc1ccccn1)C(=O)N1c2ccccc2Sc2ccccc21. The molecular weight excluding hydrogens is 330 g/mol. The molecule has 4 nitrogen and oxygen atoms in total. The van der Waals surface area contributed by atoms with E-state index in [4.69, 9.17) is 0 Å². The summed E-state index contributed by atoms with van der Waals surface area (Å²) in [5.74, 6) is 0. The fourth-order valence-electron chi connectivity index (χ4n) is 2.88. The van der Waals surface area contributed by atoms with E-state index in [-0.39, 0.29) is 6.03 Å². The third-order valence-electron chi connectivity index (χ3n) is 4.08. The van der Waals surface area contributed by atoms with Gasteiger partial charge in [0.1, 0.15) is 0 Å². The predicted octanol–water partition coefficient (Wildman–Crippen LogP) is 4.94. The third-order valence-corrected chi connectivity index (χ3v) is 5.21. The minimum Gasteiger partial charge on any atom is -0.321 e. The molecule has 0 aliphatic carbocycles. The summed E-state index contributed by atoms with van der Waals surface area (Å²) in [7, 11) is 1.81. The zero-order valence-corrected chi connectivity index (χ0v) is 14.6. The van der Waals surface area contributed by atoms with Crippen molar-refractivity contribution in [3.05, 3.63) is 78.6 Å². The Kier molecular flexibility index (Phi) is 4.15. The monoisotopic (exact) mass is 347 g/mol. The van der Waals surface area contributed by atoms with Crippen molar-refractivity contribution in [1.82, 2.24) is 9.88 Å². The van der Waals surface area contributed by atoms with Gasteiger partial charge < -0.3 is 4.90 Å². The predicted molar refractivity (Wildman–Crippen MR) is 100 cm³/mol. The molecule has 3 aromatic rings. The number of benzene rings is 2. The highest BCUT2D eigenvalue weighted by Crippen LogP contribution is 2.48. The lowest BCUT2D eigenvalue weighted by Gasteiger charge is -2.33. The van der Waals surface area contributed by atoms with Crippen molar-refractivity contribution in [2.24, 2.45) is 0 Å². The van der Waals surface area contributed by atoms with E-state index in [1.165, 1.54) is 0 Å². The molecule has 1 aliphatic rings. The Hall–Kier alpha value is -2.79. The summed E-state index contributed by atoms with van der Waals surface area (Å²) in [6.45, 7) is 0.466. The molecule has 4 rings (SSSR count). The number of anilines is 2. The van der Waals surface area contributed by atoms with Gasteiger partial charge in [-0.05, 0) is 36.4 Å². The van der Waals surface area contributed by atoms with E-state index >= 15 is 0 Å². The summed E-state index contributed by atoms with van der Waals surface area (Å²) in [6.07, 6.45) is 1.75. The number of aromatic nitrogens is 1. The van der Waals surface area contributed by atoms with Gasteiger partial charge in [-0.2, -0.15) is 0 Å². The second-order valence-electron chi connectivity index (χ2n) is 5.83. The highest BCUT2D eigenvalue weighted by atomic mass is 32.2. The lowest BCUT2D eigenvalue weighted by molar-refractivity contribution is 0.215. The number of hydrogen-bond acceptors (Lipinski definition) is 3. The Labute approximate surface area is 151 Å².